The minimum absolute atomic E-state index is 0.0374. The fraction of sp³-hybridized carbons (Fsp3) is 0.385. The van der Waals surface area contributed by atoms with Crippen LogP contribution in [0.3, 0.4) is 0 Å². The highest BCUT2D eigenvalue weighted by Crippen LogP contribution is 2.39. The first-order valence-corrected chi connectivity index (χ1v) is 12.7. The highest BCUT2D eigenvalue weighted by molar-refractivity contribution is 8.04. The Kier molecular flexibility index (Phi) is 6.72. The quantitative estimate of drug-likeness (QED) is 0.614. The van der Waals surface area contributed by atoms with Gasteiger partial charge in [-0.05, 0) is 42.4 Å². The number of hydrogen-bond donors (Lipinski definition) is 3. The topological polar surface area (TPSA) is 73.5 Å². The van der Waals surface area contributed by atoms with Crippen molar-refractivity contribution >= 4 is 29.1 Å². The second-order valence-corrected chi connectivity index (χ2v) is 10.2. The Labute approximate surface area is 203 Å². The number of nitrogens with one attached hydrogen (secondary N) is 3. The van der Waals surface area contributed by atoms with Gasteiger partial charge < -0.3 is 10.6 Å². The standard InChI is InChI=1S/C26H29FN4O2S/c1-16-6-8-17(9-7-16)14-28-24(32)18-10-12-31(13-11-18)26-29-22-20(15-34-23(22)25(33)30-26)19-4-2-3-5-21(19)27/h2-9,15,18,22-23,26,29H,10-14H2,1H3,(H,28,32)(H,30,33). The van der Waals surface area contributed by atoms with E-state index in [4.69, 9.17) is 0 Å². The smallest absolute Gasteiger partial charge is 0.237 e. The average molecular weight is 481 g/mol. The molecule has 3 heterocycles. The molecular formula is C26H29FN4O2S. The number of piperidine rings is 1. The van der Waals surface area contributed by atoms with Gasteiger partial charge in [-0.15, -0.1) is 11.8 Å². The van der Waals surface area contributed by atoms with Crippen LogP contribution in [0, 0.1) is 18.7 Å². The van der Waals surface area contributed by atoms with Crippen molar-refractivity contribution in [1.82, 2.24) is 20.9 Å². The van der Waals surface area contributed by atoms with Crippen LogP contribution in [0.4, 0.5) is 4.39 Å². The molecule has 2 amide bonds. The molecular weight excluding hydrogens is 451 g/mol. The van der Waals surface area contributed by atoms with E-state index < -0.39 is 0 Å². The molecule has 3 aliphatic rings. The normalized spacial score (nSPS) is 25.4. The van der Waals surface area contributed by atoms with E-state index in [0.29, 0.717) is 25.2 Å². The van der Waals surface area contributed by atoms with Crippen LogP contribution in [0.25, 0.3) is 5.57 Å². The molecule has 8 heteroatoms. The molecule has 3 unspecified atom stereocenters. The Bertz CT molecular complexity index is 1100. The third-order valence-electron chi connectivity index (χ3n) is 6.89. The van der Waals surface area contributed by atoms with E-state index in [0.717, 1.165) is 24.0 Å². The SMILES string of the molecule is Cc1ccc(CNC(=O)C2CCN(C3NC(=O)C4SC=C(c5ccccc5F)C4N3)CC2)cc1. The molecule has 0 saturated carbocycles. The van der Waals surface area contributed by atoms with Crippen molar-refractivity contribution in [3.63, 3.8) is 0 Å². The number of carbonyl (C=O) groups is 2. The van der Waals surface area contributed by atoms with E-state index in [9.17, 15) is 14.0 Å². The molecule has 2 aromatic rings. The molecule has 0 radical (unpaired) electrons. The summed E-state index contributed by atoms with van der Waals surface area (Å²) in [6, 6.07) is 14.6. The number of benzene rings is 2. The summed E-state index contributed by atoms with van der Waals surface area (Å²) in [6.45, 7) is 3.97. The van der Waals surface area contributed by atoms with Gasteiger partial charge in [-0.3, -0.25) is 19.8 Å². The molecule has 2 aromatic carbocycles. The Morgan fingerprint density at radius 3 is 2.62 bits per heavy atom. The van der Waals surface area contributed by atoms with Crippen LogP contribution in [0.15, 0.2) is 53.9 Å². The van der Waals surface area contributed by atoms with Gasteiger partial charge in [0.1, 0.15) is 17.4 Å². The van der Waals surface area contributed by atoms with Gasteiger partial charge >= 0.3 is 0 Å². The van der Waals surface area contributed by atoms with Gasteiger partial charge in [0.15, 0.2) is 0 Å². The van der Waals surface area contributed by atoms with Crippen LogP contribution in [0.2, 0.25) is 0 Å². The van der Waals surface area contributed by atoms with Crippen LogP contribution in [0.1, 0.15) is 29.5 Å². The van der Waals surface area contributed by atoms with Crippen molar-refractivity contribution in [3.8, 4) is 0 Å². The number of thioether (sulfide) groups is 1. The van der Waals surface area contributed by atoms with E-state index in [1.807, 2.05) is 42.7 Å². The average Bonchev–Trinajstić information content (AvgIpc) is 3.28. The van der Waals surface area contributed by atoms with E-state index >= 15 is 0 Å². The van der Waals surface area contributed by atoms with Crippen molar-refractivity contribution in [2.75, 3.05) is 13.1 Å². The van der Waals surface area contributed by atoms with Crippen LogP contribution in [-0.4, -0.2) is 47.4 Å². The third kappa shape index (κ3) is 4.76. The molecule has 0 spiro atoms. The van der Waals surface area contributed by atoms with Gasteiger partial charge in [-0.2, -0.15) is 0 Å². The number of fused-ring (bicyclic) bond motifs is 1. The Hall–Kier alpha value is -2.68. The summed E-state index contributed by atoms with van der Waals surface area (Å²) in [7, 11) is 0. The molecule has 2 fully saturated rings. The lowest BCUT2D eigenvalue weighted by Crippen LogP contribution is -2.68. The molecule has 2 saturated heterocycles. The fourth-order valence-electron chi connectivity index (χ4n) is 4.86. The van der Waals surface area contributed by atoms with Crippen molar-refractivity contribution in [1.29, 1.82) is 0 Å². The number of hydrogen-bond acceptors (Lipinski definition) is 5. The maximum atomic E-state index is 14.4. The minimum Gasteiger partial charge on any atom is -0.352 e. The highest BCUT2D eigenvalue weighted by atomic mass is 32.2. The molecule has 0 aliphatic carbocycles. The van der Waals surface area contributed by atoms with Gasteiger partial charge in [-0.25, -0.2) is 4.39 Å². The molecule has 0 aromatic heterocycles. The summed E-state index contributed by atoms with van der Waals surface area (Å²) in [4.78, 5) is 27.7. The number of rotatable bonds is 5. The second kappa shape index (κ2) is 9.90. The summed E-state index contributed by atoms with van der Waals surface area (Å²) < 4.78 is 14.4. The third-order valence-corrected chi connectivity index (χ3v) is 8.06. The fourth-order valence-corrected chi connectivity index (χ4v) is 6.00. The maximum Gasteiger partial charge on any atom is 0.237 e. The lowest BCUT2D eigenvalue weighted by molar-refractivity contribution is -0.129. The zero-order valence-electron chi connectivity index (χ0n) is 19.1. The first-order valence-electron chi connectivity index (χ1n) is 11.7. The zero-order chi connectivity index (χ0) is 23.7. The van der Waals surface area contributed by atoms with Gasteiger partial charge in [-0.1, -0.05) is 48.0 Å². The van der Waals surface area contributed by atoms with E-state index in [2.05, 4.69) is 20.9 Å². The predicted octanol–water partition coefficient (Wildman–Crippen LogP) is 2.99. The predicted molar refractivity (Wildman–Crippen MR) is 132 cm³/mol. The van der Waals surface area contributed by atoms with E-state index in [-0.39, 0.29) is 41.1 Å². The number of amides is 2. The number of halogens is 1. The Balaban J connectivity index is 1.17. The first kappa shape index (κ1) is 23.1. The van der Waals surface area contributed by atoms with Crippen molar-refractivity contribution in [2.45, 2.75) is 43.9 Å². The van der Waals surface area contributed by atoms with Crippen molar-refractivity contribution in [2.24, 2.45) is 5.92 Å². The molecule has 3 N–H and O–H groups in total. The van der Waals surface area contributed by atoms with Gasteiger partial charge in [0, 0.05) is 31.1 Å². The lowest BCUT2D eigenvalue weighted by Gasteiger charge is -2.43. The molecule has 3 aliphatic heterocycles. The molecule has 3 atom stereocenters. The summed E-state index contributed by atoms with van der Waals surface area (Å²) in [5.74, 6) is -0.279. The Morgan fingerprint density at radius 1 is 1.15 bits per heavy atom. The number of likely N-dealkylation sites (tertiary alicyclic amines) is 1. The summed E-state index contributed by atoms with van der Waals surface area (Å²) in [5, 5.41) is 11.2. The minimum atomic E-state index is -0.334. The summed E-state index contributed by atoms with van der Waals surface area (Å²) in [5.41, 5.74) is 3.64. The van der Waals surface area contributed by atoms with Crippen LogP contribution in [0.5, 0.6) is 0 Å². The molecule has 5 rings (SSSR count). The zero-order valence-corrected chi connectivity index (χ0v) is 19.9. The summed E-state index contributed by atoms with van der Waals surface area (Å²) >= 11 is 1.43. The second-order valence-electron chi connectivity index (χ2n) is 9.18. The lowest BCUT2D eigenvalue weighted by atomic mass is 9.94. The number of nitrogens with zero attached hydrogens (tertiary/aromatic N) is 1. The molecule has 6 nitrogen and oxygen atoms in total. The molecule has 34 heavy (non-hydrogen) atoms. The van der Waals surface area contributed by atoms with E-state index in [1.54, 1.807) is 12.1 Å². The van der Waals surface area contributed by atoms with E-state index in [1.165, 1.54) is 23.4 Å². The first-order chi connectivity index (χ1) is 16.5. The van der Waals surface area contributed by atoms with Crippen molar-refractivity contribution < 1.29 is 14.0 Å². The maximum absolute atomic E-state index is 14.4. The highest BCUT2D eigenvalue weighted by Gasteiger charge is 2.44. The van der Waals surface area contributed by atoms with Crippen LogP contribution >= 0.6 is 11.8 Å². The number of aryl methyl sites for hydroxylation is 1. The van der Waals surface area contributed by atoms with Crippen LogP contribution < -0.4 is 16.0 Å². The monoisotopic (exact) mass is 480 g/mol. The molecule has 178 valence electrons. The molecule has 0 bridgehead atoms. The van der Waals surface area contributed by atoms with Crippen LogP contribution in [-0.2, 0) is 16.1 Å². The van der Waals surface area contributed by atoms with Crippen molar-refractivity contribution in [3.05, 3.63) is 76.4 Å². The Morgan fingerprint density at radius 2 is 1.88 bits per heavy atom. The number of carbonyl (C=O) groups excluding carboxylic acids is 2. The van der Waals surface area contributed by atoms with Gasteiger partial charge in [0.25, 0.3) is 0 Å². The van der Waals surface area contributed by atoms with Gasteiger partial charge in [0.05, 0.1) is 6.04 Å². The largest absolute Gasteiger partial charge is 0.352 e. The van der Waals surface area contributed by atoms with Gasteiger partial charge in [0.2, 0.25) is 11.8 Å². The summed E-state index contributed by atoms with van der Waals surface area (Å²) in [6.07, 6.45) is 1.12.